The summed E-state index contributed by atoms with van der Waals surface area (Å²) in [6.07, 6.45) is 0. The van der Waals surface area contributed by atoms with Gasteiger partial charge in [-0.25, -0.2) is 9.59 Å². The molecule has 0 fully saturated rings. The highest BCUT2D eigenvalue weighted by atomic mass is 35.5. The second kappa shape index (κ2) is 6.57. The van der Waals surface area contributed by atoms with Crippen molar-refractivity contribution >= 4 is 23.5 Å². The second-order valence-electron chi connectivity index (χ2n) is 3.97. The highest BCUT2D eigenvalue weighted by Gasteiger charge is 2.49. The van der Waals surface area contributed by atoms with Gasteiger partial charge in [0.05, 0.1) is 13.2 Å². The molecule has 0 heterocycles. The van der Waals surface area contributed by atoms with Crippen molar-refractivity contribution in [1.82, 2.24) is 0 Å². The molecule has 0 unspecified atom stereocenters. The molecule has 5 heteroatoms. The van der Waals surface area contributed by atoms with E-state index < -0.39 is 16.8 Å². The standard InChI is InChI=1S/C14H17ClO4/c1-4-18-12(16)14(15,13(17)19-5-2)11-8-6-10(3)7-9-11/h6-9H,4-5H2,1-3H3. The highest BCUT2D eigenvalue weighted by molar-refractivity contribution is 6.44. The van der Waals surface area contributed by atoms with Crippen molar-refractivity contribution in [1.29, 1.82) is 0 Å². The summed E-state index contributed by atoms with van der Waals surface area (Å²) < 4.78 is 9.77. The number of benzene rings is 1. The van der Waals surface area contributed by atoms with E-state index in [0.29, 0.717) is 5.56 Å². The number of esters is 2. The largest absolute Gasteiger partial charge is 0.464 e. The molecule has 19 heavy (non-hydrogen) atoms. The van der Waals surface area contributed by atoms with E-state index in [1.54, 1.807) is 38.1 Å². The van der Waals surface area contributed by atoms with Crippen molar-refractivity contribution in [3.05, 3.63) is 35.4 Å². The third-order valence-electron chi connectivity index (χ3n) is 2.56. The molecule has 0 saturated carbocycles. The van der Waals surface area contributed by atoms with Crippen molar-refractivity contribution in [3.8, 4) is 0 Å². The van der Waals surface area contributed by atoms with Gasteiger partial charge >= 0.3 is 11.9 Å². The molecule has 0 aromatic heterocycles. The van der Waals surface area contributed by atoms with E-state index in [2.05, 4.69) is 0 Å². The Balaban J connectivity index is 3.21. The first-order valence-corrected chi connectivity index (χ1v) is 6.45. The van der Waals surface area contributed by atoms with Crippen LogP contribution in [-0.4, -0.2) is 25.2 Å². The van der Waals surface area contributed by atoms with Crippen molar-refractivity contribution in [2.75, 3.05) is 13.2 Å². The van der Waals surface area contributed by atoms with E-state index in [1.165, 1.54) is 0 Å². The molecule has 0 N–H and O–H groups in total. The first kappa shape index (κ1) is 15.5. The predicted molar refractivity (Wildman–Crippen MR) is 72.0 cm³/mol. The fourth-order valence-corrected chi connectivity index (χ4v) is 1.80. The van der Waals surface area contributed by atoms with Gasteiger partial charge in [0.25, 0.3) is 4.87 Å². The quantitative estimate of drug-likeness (QED) is 0.474. The Kier molecular flexibility index (Phi) is 5.36. The third kappa shape index (κ3) is 3.26. The summed E-state index contributed by atoms with van der Waals surface area (Å²) in [5.41, 5.74) is 1.34. The maximum Gasteiger partial charge on any atom is 0.343 e. The molecule has 0 amide bonds. The van der Waals surface area contributed by atoms with Gasteiger partial charge in [0.15, 0.2) is 0 Å². The van der Waals surface area contributed by atoms with Gasteiger partial charge in [-0.2, -0.15) is 0 Å². The van der Waals surface area contributed by atoms with Crippen LogP contribution in [0.5, 0.6) is 0 Å². The summed E-state index contributed by atoms with van der Waals surface area (Å²) in [5.74, 6) is -1.64. The van der Waals surface area contributed by atoms with Crippen LogP contribution >= 0.6 is 11.6 Å². The molecular formula is C14H17ClO4. The van der Waals surface area contributed by atoms with E-state index in [1.807, 2.05) is 6.92 Å². The van der Waals surface area contributed by atoms with Crippen molar-refractivity contribution in [2.24, 2.45) is 0 Å². The van der Waals surface area contributed by atoms with E-state index >= 15 is 0 Å². The van der Waals surface area contributed by atoms with Crippen molar-refractivity contribution < 1.29 is 19.1 Å². The number of carbonyl (C=O) groups excluding carboxylic acids is 2. The smallest absolute Gasteiger partial charge is 0.343 e. The number of carbonyl (C=O) groups is 2. The molecule has 104 valence electrons. The molecule has 0 aliphatic rings. The predicted octanol–water partition coefficient (Wildman–Crippen LogP) is 2.56. The zero-order valence-electron chi connectivity index (χ0n) is 11.2. The Morgan fingerprint density at radius 1 is 1.05 bits per heavy atom. The number of halogens is 1. The van der Waals surface area contributed by atoms with Crippen LogP contribution in [0.1, 0.15) is 25.0 Å². The molecular weight excluding hydrogens is 268 g/mol. The Labute approximate surface area is 117 Å². The van der Waals surface area contributed by atoms with Gasteiger partial charge in [-0.3, -0.25) is 0 Å². The summed E-state index contributed by atoms with van der Waals surface area (Å²) in [5, 5.41) is 0. The lowest BCUT2D eigenvalue weighted by Crippen LogP contribution is -2.41. The van der Waals surface area contributed by atoms with Crippen LogP contribution in [0.25, 0.3) is 0 Å². The number of alkyl halides is 1. The van der Waals surface area contributed by atoms with Crippen LogP contribution < -0.4 is 0 Å². The number of rotatable bonds is 5. The minimum atomic E-state index is -1.94. The average Bonchev–Trinajstić information content (AvgIpc) is 2.39. The molecule has 0 aliphatic carbocycles. The van der Waals surface area contributed by atoms with E-state index in [9.17, 15) is 9.59 Å². The lowest BCUT2D eigenvalue weighted by molar-refractivity contribution is -0.159. The van der Waals surface area contributed by atoms with E-state index in [0.717, 1.165) is 5.56 Å². The normalized spacial score (nSPS) is 10.9. The summed E-state index contributed by atoms with van der Waals surface area (Å²) in [7, 11) is 0. The van der Waals surface area contributed by atoms with Crippen LogP contribution in [0.2, 0.25) is 0 Å². The van der Waals surface area contributed by atoms with Crippen LogP contribution in [0.15, 0.2) is 24.3 Å². The minimum Gasteiger partial charge on any atom is -0.464 e. The number of aryl methyl sites for hydroxylation is 1. The van der Waals surface area contributed by atoms with Crippen molar-refractivity contribution in [3.63, 3.8) is 0 Å². The molecule has 4 nitrogen and oxygen atoms in total. The van der Waals surface area contributed by atoms with Gasteiger partial charge < -0.3 is 9.47 Å². The van der Waals surface area contributed by atoms with Crippen LogP contribution in [0.3, 0.4) is 0 Å². The summed E-state index contributed by atoms with van der Waals surface area (Å²) >= 11 is 6.23. The van der Waals surface area contributed by atoms with E-state index in [4.69, 9.17) is 21.1 Å². The van der Waals surface area contributed by atoms with Gasteiger partial charge in [-0.1, -0.05) is 41.4 Å². The van der Waals surface area contributed by atoms with Gasteiger partial charge in [0.2, 0.25) is 0 Å². The first-order valence-electron chi connectivity index (χ1n) is 6.07. The summed E-state index contributed by atoms with van der Waals surface area (Å²) in [6, 6.07) is 6.78. The second-order valence-corrected chi connectivity index (χ2v) is 4.53. The topological polar surface area (TPSA) is 52.6 Å². The SMILES string of the molecule is CCOC(=O)C(Cl)(C(=O)OCC)c1ccc(C)cc1. The zero-order valence-corrected chi connectivity index (χ0v) is 12.0. The maximum atomic E-state index is 12.0. The number of ether oxygens (including phenoxy) is 2. The number of hydrogen-bond donors (Lipinski definition) is 0. The van der Waals surface area contributed by atoms with Crippen LogP contribution in [0, 0.1) is 6.92 Å². The molecule has 1 rings (SSSR count). The minimum absolute atomic E-state index is 0.137. The molecule has 1 aromatic rings. The fraction of sp³-hybridized carbons (Fsp3) is 0.429. The molecule has 0 radical (unpaired) electrons. The van der Waals surface area contributed by atoms with Gasteiger partial charge in [-0.15, -0.1) is 0 Å². The Hall–Kier alpha value is -1.55. The molecule has 0 saturated heterocycles. The first-order chi connectivity index (χ1) is 8.96. The zero-order chi connectivity index (χ0) is 14.5. The average molecular weight is 285 g/mol. The number of hydrogen-bond acceptors (Lipinski definition) is 4. The van der Waals surface area contributed by atoms with Gasteiger partial charge in [-0.05, 0) is 26.3 Å². The molecule has 1 aromatic carbocycles. The van der Waals surface area contributed by atoms with Crippen molar-refractivity contribution in [2.45, 2.75) is 25.6 Å². The molecule has 0 spiro atoms. The van der Waals surface area contributed by atoms with E-state index in [-0.39, 0.29) is 13.2 Å². The summed E-state index contributed by atoms with van der Waals surface area (Å²) in [4.78, 5) is 22.1. The summed E-state index contributed by atoms with van der Waals surface area (Å²) in [6.45, 7) is 5.47. The lowest BCUT2D eigenvalue weighted by atomic mass is 9.97. The van der Waals surface area contributed by atoms with Crippen LogP contribution in [-0.2, 0) is 23.9 Å². The van der Waals surface area contributed by atoms with Gasteiger partial charge in [0, 0.05) is 0 Å². The maximum absolute atomic E-state index is 12.0. The molecule has 0 atom stereocenters. The molecule has 0 bridgehead atoms. The third-order valence-corrected chi connectivity index (χ3v) is 3.09. The van der Waals surface area contributed by atoms with Crippen LogP contribution in [0.4, 0.5) is 0 Å². The van der Waals surface area contributed by atoms with Gasteiger partial charge in [0.1, 0.15) is 0 Å². The Bertz CT molecular complexity index is 435. The highest BCUT2D eigenvalue weighted by Crippen LogP contribution is 2.32. The Morgan fingerprint density at radius 3 is 1.84 bits per heavy atom. The lowest BCUT2D eigenvalue weighted by Gasteiger charge is -2.23. The Morgan fingerprint density at radius 2 is 1.47 bits per heavy atom. The fourth-order valence-electron chi connectivity index (χ4n) is 1.56. The monoisotopic (exact) mass is 284 g/mol. The molecule has 0 aliphatic heterocycles.